The van der Waals surface area contributed by atoms with Gasteiger partial charge in [-0.1, -0.05) is 0 Å². The molecule has 0 radical (unpaired) electrons. The Bertz CT molecular complexity index is 450. The van der Waals surface area contributed by atoms with Gasteiger partial charge in [-0.2, -0.15) is 0 Å². The lowest BCUT2D eigenvalue weighted by Crippen LogP contribution is -2.52. The molecule has 0 aromatic heterocycles. The minimum Gasteiger partial charge on any atom is -0.748 e. The van der Waals surface area contributed by atoms with Crippen molar-refractivity contribution >= 4 is 20.1 Å². The van der Waals surface area contributed by atoms with Gasteiger partial charge in [0, 0.05) is 12.7 Å². The number of hydrogen-bond donors (Lipinski definition) is 2. The monoisotopic (exact) mass is 347 g/mol. The molecule has 130 valence electrons. The van der Waals surface area contributed by atoms with E-state index in [4.69, 9.17) is 18.7 Å². The molecule has 0 bridgehead atoms. The van der Waals surface area contributed by atoms with Gasteiger partial charge in [-0.15, -0.1) is 0 Å². The van der Waals surface area contributed by atoms with Crippen LogP contribution in [-0.2, 0) is 20.1 Å². The molecule has 0 aromatic rings. The molecular formula is C11H29N3O5S2. The molecule has 21 heavy (non-hydrogen) atoms. The first kappa shape index (κ1) is 23.0. The van der Waals surface area contributed by atoms with Gasteiger partial charge in [0.1, 0.15) is 0 Å². The summed E-state index contributed by atoms with van der Waals surface area (Å²) < 4.78 is 52.6. The topological polar surface area (TPSA) is 129 Å². The van der Waals surface area contributed by atoms with Crippen LogP contribution in [0.15, 0.2) is 0 Å². The van der Waals surface area contributed by atoms with Gasteiger partial charge in [-0.25, -0.2) is 21.6 Å². The van der Waals surface area contributed by atoms with Crippen molar-refractivity contribution in [2.75, 3.05) is 51.8 Å². The molecule has 8 nitrogen and oxygen atoms in total. The number of nitrogens with zero attached hydrogens (tertiary/aromatic N) is 1. The Morgan fingerprint density at radius 1 is 1.05 bits per heavy atom. The molecule has 10 heteroatoms. The van der Waals surface area contributed by atoms with Gasteiger partial charge in [-0.3, -0.25) is 0 Å². The summed E-state index contributed by atoms with van der Waals surface area (Å²) in [6, 6.07) is 0. The zero-order chi connectivity index (χ0) is 17.2. The number of likely N-dealkylation sites (N-methyl/N-ethyl adjacent to an activating group) is 1. The normalized spacial score (nSPS) is 12.7. The molecular weight excluding hydrogens is 318 g/mol. The maximum absolute atomic E-state index is 11.0. The molecule has 0 fully saturated rings. The number of quaternary nitrogens is 1. The van der Waals surface area contributed by atoms with Crippen molar-refractivity contribution in [3.63, 3.8) is 0 Å². The van der Waals surface area contributed by atoms with E-state index in [0.717, 1.165) is 37.1 Å². The van der Waals surface area contributed by atoms with Crippen molar-refractivity contribution in [3.05, 3.63) is 0 Å². The highest BCUT2D eigenvalue weighted by Crippen LogP contribution is 2.06. The first-order chi connectivity index (χ1) is 9.39. The summed E-state index contributed by atoms with van der Waals surface area (Å²) in [4.78, 5) is 0. The van der Waals surface area contributed by atoms with Crippen molar-refractivity contribution in [1.82, 2.24) is 4.72 Å². The summed E-state index contributed by atoms with van der Waals surface area (Å²) in [6.07, 6.45) is 2.78. The van der Waals surface area contributed by atoms with E-state index in [9.17, 15) is 8.42 Å². The molecule has 0 aliphatic carbocycles. The highest BCUT2D eigenvalue weighted by atomic mass is 32.2. The fourth-order valence-corrected chi connectivity index (χ4v) is 2.32. The van der Waals surface area contributed by atoms with Gasteiger partial charge in [0.15, 0.2) is 0 Å². The molecule has 0 heterocycles. The van der Waals surface area contributed by atoms with Crippen LogP contribution in [0.5, 0.6) is 0 Å². The van der Waals surface area contributed by atoms with Gasteiger partial charge < -0.3 is 14.8 Å². The fraction of sp³-hybridized carbons (Fsp3) is 1.00. The average molecular weight is 348 g/mol. The van der Waals surface area contributed by atoms with Gasteiger partial charge in [0.25, 0.3) is 0 Å². The van der Waals surface area contributed by atoms with Crippen LogP contribution >= 0.6 is 0 Å². The van der Waals surface area contributed by atoms with E-state index in [-0.39, 0.29) is 0 Å². The Hall–Kier alpha value is -0.260. The van der Waals surface area contributed by atoms with Crippen LogP contribution in [-0.4, -0.2) is 77.7 Å². The quantitative estimate of drug-likeness (QED) is 0.402. The summed E-state index contributed by atoms with van der Waals surface area (Å²) in [5.74, 6) is 0. The summed E-state index contributed by atoms with van der Waals surface area (Å²) in [6.45, 7) is 9.37. The van der Waals surface area contributed by atoms with E-state index < -0.39 is 20.1 Å². The van der Waals surface area contributed by atoms with Crippen LogP contribution in [0.2, 0.25) is 0 Å². The van der Waals surface area contributed by atoms with Crippen LogP contribution in [0.1, 0.15) is 20.3 Å². The predicted molar refractivity (Wildman–Crippen MR) is 83.2 cm³/mol. The van der Waals surface area contributed by atoms with Gasteiger partial charge in [0.05, 0.1) is 49.1 Å². The number of rotatable bonds is 9. The van der Waals surface area contributed by atoms with Crippen molar-refractivity contribution < 1.29 is 25.9 Å². The molecule has 0 atom stereocenters. The van der Waals surface area contributed by atoms with Gasteiger partial charge in [-0.05, 0) is 20.4 Å². The van der Waals surface area contributed by atoms with Crippen LogP contribution in [0, 0.1) is 0 Å². The third-order valence-electron chi connectivity index (χ3n) is 3.13. The van der Waals surface area contributed by atoms with Gasteiger partial charge in [0.2, 0.25) is 10.0 Å². The standard InChI is InChI=1S/C10H26N3O2S.CH4O3S/c1-4-13(5-2,9-6-7-11)10-8-12-16(3,14)15;1-5(2,3)4/h12H,4-11H2,1-3H3;1H3,(H,2,3,4)/q+1;/p-1. The molecule has 0 rings (SSSR count). The van der Waals surface area contributed by atoms with E-state index in [1.54, 1.807) is 0 Å². The van der Waals surface area contributed by atoms with E-state index in [1.807, 2.05) is 0 Å². The number of sulfonamides is 1. The first-order valence-electron chi connectivity index (χ1n) is 6.79. The number of nitrogens with two attached hydrogens (primary N) is 1. The summed E-state index contributed by atoms with van der Waals surface area (Å²) in [5.41, 5.74) is 5.52. The largest absolute Gasteiger partial charge is 0.748 e. The van der Waals surface area contributed by atoms with Crippen molar-refractivity contribution in [3.8, 4) is 0 Å². The molecule has 0 saturated carbocycles. The molecule has 0 aromatic carbocycles. The average Bonchev–Trinajstić information content (AvgIpc) is 2.30. The molecule has 0 unspecified atom stereocenters. The van der Waals surface area contributed by atoms with Crippen molar-refractivity contribution in [2.45, 2.75) is 20.3 Å². The lowest BCUT2D eigenvalue weighted by atomic mass is 10.2. The Labute approximate surface area is 129 Å². The Morgan fingerprint density at radius 3 is 1.76 bits per heavy atom. The van der Waals surface area contributed by atoms with Crippen LogP contribution < -0.4 is 10.5 Å². The Balaban J connectivity index is 0. The van der Waals surface area contributed by atoms with E-state index >= 15 is 0 Å². The maximum Gasteiger partial charge on any atom is 0.208 e. The zero-order valence-electron chi connectivity index (χ0n) is 13.3. The van der Waals surface area contributed by atoms with E-state index in [2.05, 4.69) is 18.6 Å². The second-order valence-corrected chi connectivity index (χ2v) is 8.18. The van der Waals surface area contributed by atoms with Crippen LogP contribution in [0.3, 0.4) is 0 Å². The molecule has 0 spiro atoms. The number of nitrogens with one attached hydrogen (secondary N) is 1. The molecule has 0 amide bonds. The van der Waals surface area contributed by atoms with Crippen LogP contribution in [0.4, 0.5) is 0 Å². The minimum atomic E-state index is -3.92. The maximum atomic E-state index is 11.0. The predicted octanol–water partition coefficient (Wildman–Crippen LogP) is -1.10. The highest BCUT2D eigenvalue weighted by Gasteiger charge is 2.22. The molecule has 0 saturated heterocycles. The first-order valence-corrected chi connectivity index (χ1v) is 10.5. The SMILES string of the molecule is CC[N+](CC)(CCCN)CCNS(C)(=O)=O.CS(=O)(=O)[O-]. The van der Waals surface area contributed by atoms with Gasteiger partial charge >= 0.3 is 0 Å². The zero-order valence-corrected chi connectivity index (χ0v) is 15.0. The lowest BCUT2D eigenvalue weighted by Gasteiger charge is -2.37. The third-order valence-corrected chi connectivity index (χ3v) is 3.86. The smallest absolute Gasteiger partial charge is 0.208 e. The number of hydrogen-bond acceptors (Lipinski definition) is 6. The summed E-state index contributed by atoms with van der Waals surface area (Å²) in [7, 11) is -6.98. The third kappa shape index (κ3) is 17.7. The molecule has 0 aliphatic rings. The fourth-order valence-electron chi connectivity index (χ4n) is 1.86. The Kier molecular flexibility index (Phi) is 11.5. The highest BCUT2D eigenvalue weighted by molar-refractivity contribution is 7.88. The molecule has 3 N–H and O–H groups in total. The second kappa shape index (κ2) is 10.5. The minimum absolute atomic E-state index is 0.505. The lowest BCUT2D eigenvalue weighted by molar-refractivity contribution is -0.923. The van der Waals surface area contributed by atoms with E-state index in [1.165, 1.54) is 6.26 Å². The second-order valence-electron chi connectivity index (χ2n) is 4.93. The van der Waals surface area contributed by atoms with Crippen LogP contribution in [0.25, 0.3) is 0 Å². The molecule has 0 aliphatic heterocycles. The van der Waals surface area contributed by atoms with E-state index in [0.29, 0.717) is 19.3 Å². The Morgan fingerprint density at radius 2 is 1.48 bits per heavy atom. The van der Waals surface area contributed by atoms with Crippen molar-refractivity contribution in [2.24, 2.45) is 5.73 Å². The summed E-state index contributed by atoms with van der Waals surface area (Å²) >= 11 is 0. The summed E-state index contributed by atoms with van der Waals surface area (Å²) in [5, 5.41) is 0. The van der Waals surface area contributed by atoms with Crippen molar-refractivity contribution in [1.29, 1.82) is 0 Å².